The van der Waals surface area contributed by atoms with Crippen molar-refractivity contribution in [2.24, 2.45) is 5.92 Å². The number of carbonyl (C=O) groups is 4. The molecule has 8 heteroatoms. The molecule has 2 aliphatic rings. The third-order valence-electron chi connectivity index (χ3n) is 5.37. The van der Waals surface area contributed by atoms with Gasteiger partial charge < -0.3 is 19.7 Å². The first-order chi connectivity index (χ1) is 14.0. The number of ether oxygens (including phenoxy) is 2. The smallest absolute Gasteiger partial charge is 0.408 e. The van der Waals surface area contributed by atoms with Crippen molar-refractivity contribution in [1.82, 2.24) is 10.2 Å². The predicted octanol–water partition coefficient (Wildman–Crippen LogP) is 1.81. The van der Waals surface area contributed by atoms with Crippen LogP contribution in [0.3, 0.4) is 0 Å². The molecule has 3 rings (SSSR count). The summed E-state index contributed by atoms with van der Waals surface area (Å²) in [6.45, 7) is 2.46. The highest BCUT2D eigenvalue weighted by Gasteiger charge is 2.45. The van der Waals surface area contributed by atoms with Crippen molar-refractivity contribution in [3.05, 3.63) is 35.9 Å². The molecule has 1 heterocycles. The number of likely N-dealkylation sites (tertiary alicyclic amines) is 1. The van der Waals surface area contributed by atoms with Gasteiger partial charge in [0.2, 0.25) is 5.91 Å². The van der Waals surface area contributed by atoms with Crippen LogP contribution in [-0.2, 0) is 30.5 Å². The second kappa shape index (κ2) is 9.54. The maximum absolute atomic E-state index is 12.8. The van der Waals surface area contributed by atoms with Gasteiger partial charge in [-0.3, -0.25) is 14.4 Å². The van der Waals surface area contributed by atoms with E-state index in [1.165, 1.54) is 0 Å². The zero-order valence-electron chi connectivity index (χ0n) is 16.5. The molecule has 156 valence electrons. The van der Waals surface area contributed by atoms with Gasteiger partial charge in [0.25, 0.3) is 0 Å². The summed E-state index contributed by atoms with van der Waals surface area (Å²) in [5, 5.41) is 2.61. The Morgan fingerprint density at radius 1 is 1.14 bits per heavy atom. The first-order valence-electron chi connectivity index (χ1n) is 9.95. The SMILES string of the molecule is CCOC(=O)[C@@H]1CC(=O)CCC1N1CC[C@H](NC(=O)OCc2ccccc2)C1=O. The maximum atomic E-state index is 12.8. The summed E-state index contributed by atoms with van der Waals surface area (Å²) < 4.78 is 10.3. The van der Waals surface area contributed by atoms with Gasteiger partial charge in [0.15, 0.2) is 0 Å². The van der Waals surface area contributed by atoms with Crippen molar-refractivity contribution >= 4 is 23.8 Å². The van der Waals surface area contributed by atoms with Crippen molar-refractivity contribution in [1.29, 1.82) is 0 Å². The van der Waals surface area contributed by atoms with Gasteiger partial charge in [0, 0.05) is 25.4 Å². The first-order valence-corrected chi connectivity index (χ1v) is 9.95. The summed E-state index contributed by atoms with van der Waals surface area (Å²) in [6.07, 6.45) is 0.625. The number of hydrogen-bond acceptors (Lipinski definition) is 6. The Morgan fingerprint density at radius 2 is 1.90 bits per heavy atom. The molecule has 1 unspecified atom stereocenters. The molecule has 1 aromatic rings. The lowest BCUT2D eigenvalue weighted by Gasteiger charge is -2.36. The molecule has 1 saturated heterocycles. The van der Waals surface area contributed by atoms with Crippen molar-refractivity contribution in [3.63, 3.8) is 0 Å². The van der Waals surface area contributed by atoms with Gasteiger partial charge in [-0.1, -0.05) is 30.3 Å². The summed E-state index contributed by atoms with van der Waals surface area (Å²) in [5.41, 5.74) is 0.853. The van der Waals surface area contributed by atoms with Crippen LogP contribution in [0.25, 0.3) is 0 Å². The monoisotopic (exact) mass is 402 g/mol. The lowest BCUT2D eigenvalue weighted by Crippen LogP contribution is -2.51. The standard InChI is InChI=1S/C21H26N2O6/c1-2-28-20(26)16-12-15(24)8-9-18(16)23-11-10-17(19(23)25)22-21(27)29-13-14-6-4-3-5-7-14/h3-7,16-18H,2,8-13H2,1H3,(H,22,27)/t16-,17+,18?/m1/s1. The van der Waals surface area contributed by atoms with E-state index in [4.69, 9.17) is 9.47 Å². The number of ketones is 1. The number of esters is 1. The number of nitrogens with one attached hydrogen (secondary N) is 1. The van der Waals surface area contributed by atoms with Crippen LogP contribution in [0.15, 0.2) is 30.3 Å². The van der Waals surface area contributed by atoms with Crippen LogP contribution < -0.4 is 5.32 Å². The molecule has 1 N–H and O–H groups in total. The Balaban J connectivity index is 1.57. The van der Waals surface area contributed by atoms with Crippen LogP contribution >= 0.6 is 0 Å². The molecular formula is C21H26N2O6. The van der Waals surface area contributed by atoms with Crippen LogP contribution in [0.1, 0.15) is 38.2 Å². The molecule has 1 aliphatic carbocycles. The highest BCUT2D eigenvalue weighted by Crippen LogP contribution is 2.31. The van der Waals surface area contributed by atoms with Gasteiger partial charge in [-0.25, -0.2) is 4.79 Å². The summed E-state index contributed by atoms with van der Waals surface area (Å²) in [7, 11) is 0. The second-order valence-electron chi connectivity index (χ2n) is 7.29. The molecule has 3 atom stereocenters. The van der Waals surface area contributed by atoms with E-state index >= 15 is 0 Å². The zero-order chi connectivity index (χ0) is 20.8. The quantitative estimate of drug-likeness (QED) is 0.728. The van der Waals surface area contributed by atoms with Crippen LogP contribution in [0, 0.1) is 5.92 Å². The largest absolute Gasteiger partial charge is 0.466 e. The van der Waals surface area contributed by atoms with Crippen LogP contribution in [0.2, 0.25) is 0 Å². The molecule has 0 radical (unpaired) electrons. The number of carbonyl (C=O) groups excluding carboxylic acids is 4. The number of rotatable bonds is 6. The lowest BCUT2D eigenvalue weighted by molar-refractivity contribution is -0.155. The molecule has 2 fully saturated rings. The van der Waals surface area contributed by atoms with E-state index in [2.05, 4.69) is 5.32 Å². The van der Waals surface area contributed by atoms with E-state index < -0.39 is 24.0 Å². The van der Waals surface area contributed by atoms with Gasteiger partial charge in [-0.05, 0) is 25.3 Å². The second-order valence-corrected chi connectivity index (χ2v) is 7.29. The molecule has 1 aromatic carbocycles. The highest BCUT2D eigenvalue weighted by molar-refractivity contribution is 5.90. The van der Waals surface area contributed by atoms with E-state index in [0.29, 0.717) is 25.8 Å². The normalized spacial score (nSPS) is 24.3. The van der Waals surface area contributed by atoms with Crippen molar-refractivity contribution < 1.29 is 28.7 Å². The van der Waals surface area contributed by atoms with E-state index in [1.807, 2.05) is 30.3 Å². The van der Waals surface area contributed by atoms with Crippen LogP contribution in [0.4, 0.5) is 4.79 Å². The molecular weight excluding hydrogens is 376 g/mol. The fraction of sp³-hybridized carbons (Fsp3) is 0.524. The number of benzene rings is 1. The van der Waals surface area contributed by atoms with E-state index in [1.54, 1.807) is 11.8 Å². The van der Waals surface area contributed by atoms with Gasteiger partial charge in [-0.15, -0.1) is 0 Å². The van der Waals surface area contributed by atoms with Crippen molar-refractivity contribution in [2.45, 2.75) is 51.3 Å². The third kappa shape index (κ3) is 5.13. The number of Topliss-reactive ketones (excluding diaryl/α,β-unsaturated/α-hetero) is 1. The lowest BCUT2D eigenvalue weighted by atomic mass is 9.83. The molecule has 29 heavy (non-hydrogen) atoms. The van der Waals surface area contributed by atoms with Crippen LogP contribution in [0.5, 0.6) is 0 Å². The summed E-state index contributed by atoms with van der Waals surface area (Å²) in [6, 6.07) is 8.18. The van der Waals surface area contributed by atoms with Gasteiger partial charge >= 0.3 is 12.1 Å². The molecule has 0 bridgehead atoms. The average Bonchev–Trinajstić information content (AvgIpc) is 3.07. The minimum Gasteiger partial charge on any atom is -0.466 e. The maximum Gasteiger partial charge on any atom is 0.408 e. The van der Waals surface area contributed by atoms with Crippen molar-refractivity contribution in [3.8, 4) is 0 Å². The Morgan fingerprint density at radius 3 is 2.62 bits per heavy atom. The number of nitrogens with zero attached hydrogens (tertiary/aromatic N) is 1. The van der Waals surface area contributed by atoms with Crippen molar-refractivity contribution in [2.75, 3.05) is 13.2 Å². The topological polar surface area (TPSA) is 102 Å². The van der Waals surface area contributed by atoms with Gasteiger partial charge in [0.05, 0.1) is 12.5 Å². The fourth-order valence-corrected chi connectivity index (χ4v) is 3.93. The number of hydrogen-bond donors (Lipinski definition) is 1. The predicted molar refractivity (Wildman–Crippen MR) is 103 cm³/mol. The number of alkyl carbamates (subject to hydrolysis) is 1. The van der Waals surface area contributed by atoms with E-state index in [9.17, 15) is 19.2 Å². The molecule has 0 aromatic heterocycles. The Hall–Kier alpha value is -2.90. The van der Waals surface area contributed by atoms with E-state index in [-0.39, 0.29) is 37.4 Å². The van der Waals surface area contributed by atoms with E-state index in [0.717, 1.165) is 5.56 Å². The minimum absolute atomic E-state index is 0.00473. The fourth-order valence-electron chi connectivity index (χ4n) is 3.93. The van der Waals surface area contributed by atoms with Gasteiger partial charge in [-0.2, -0.15) is 0 Å². The Labute approximate surface area is 169 Å². The minimum atomic E-state index is -0.696. The molecule has 8 nitrogen and oxygen atoms in total. The summed E-state index contributed by atoms with van der Waals surface area (Å²) in [4.78, 5) is 50.7. The summed E-state index contributed by atoms with van der Waals surface area (Å²) >= 11 is 0. The average molecular weight is 402 g/mol. The highest BCUT2D eigenvalue weighted by atomic mass is 16.5. The zero-order valence-corrected chi connectivity index (χ0v) is 16.5. The Kier molecular flexibility index (Phi) is 6.85. The summed E-state index contributed by atoms with van der Waals surface area (Å²) in [5.74, 6) is -1.35. The molecule has 1 saturated carbocycles. The first kappa shape index (κ1) is 20.8. The molecule has 2 amide bonds. The number of amides is 2. The van der Waals surface area contributed by atoms with Gasteiger partial charge in [0.1, 0.15) is 18.4 Å². The molecule has 1 aliphatic heterocycles. The third-order valence-corrected chi connectivity index (χ3v) is 5.37. The molecule has 0 spiro atoms. The Bertz CT molecular complexity index is 766. The van der Waals surface area contributed by atoms with Crippen LogP contribution in [-0.4, -0.2) is 53.9 Å².